The number of rotatable bonds is 2. The van der Waals surface area contributed by atoms with Crippen molar-refractivity contribution in [3.05, 3.63) is 51.6 Å². The standard InChI is InChI=1S/C11H11IN2/c1-9-13-6-7-14(9)8-10-2-4-11(12)5-3-10/h2-7H,8H2,1H3. The van der Waals surface area contributed by atoms with E-state index in [2.05, 4.69) is 56.4 Å². The zero-order chi connectivity index (χ0) is 9.97. The fourth-order valence-corrected chi connectivity index (χ4v) is 1.72. The Bertz CT molecular complexity index is 417. The van der Waals surface area contributed by atoms with E-state index in [0.717, 1.165) is 12.4 Å². The molecule has 2 aromatic rings. The molecule has 0 fully saturated rings. The molecular formula is C11H11IN2. The highest BCUT2D eigenvalue weighted by molar-refractivity contribution is 14.1. The summed E-state index contributed by atoms with van der Waals surface area (Å²) in [6.07, 6.45) is 3.84. The molecule has 0 unspecified atom stereocenters. The van der Waals surface area contributed by atoms with Gasteiger partial charge in [-0.2, -0.15) is 0 Å². The van der Waals surface area contributed by atoms with Gasteiger partial charge in [0.15, 0.2) is 0 Å². The highest BCUT2D eigenvalue weighted by Gasteiger charge is 1.97. The predicted molar refractivity (Wildman–Crippen MR) is 65.2 cm³/mol. The topological polar surface area (TPSA) is 17.8 Å². The summed E-state index contributed by atoms with van der Waals surface area (Å²) in [6.45, 7) is 2.93. The Morgan fingerprint density at radius 2 is 2.00 bits per heavy atom. The van der Waals surface area contributed by atoms with E-state index in [1.165, 1.54) is 9.13 Å². The molecule has 2 rings (SSSR count). The minimum Gasteiger partial charge on any atom is -0.331 e. The first-order valence-corrected chi connectivity index (χ1v) is 5.56. The first-order valence-electron chi connectivity index (χ1n) is 4.48. The normalized spacial score (nSPS) is 10.4. The summed E-state index contributed by atoms with van der Waals surface area (Å²) in [5.41, 5.74) is 1.31. The largest absolute Gasteiger partial charge is 0.331 e. The Kier molecular flexibility index (Phi) is 2.86. The molecule has 72 valence electrons. The molecule has 0 saturated heterocycles. The molecule has 1 aromatic carbocycles. The van der Waals surface area contributed by atoms with Gasteiger partial charge in [0, 0.05) is 22.5 Å². The molecule has 0 amide bonds. The van der Waals surface area contributed by atoms with Crippen molar-refractivity contribution in [2.75, 3.05) is 0 Å². The van der Waals surface area contributed by atoms with Gasteiger partial charge in [-0.15, -0.1) is 0 Å². The van der Waals surface area contributed by atoms with Gasteiger partial charge in [-0.05, 0) is 47.2 Å². The molecule has 14 heavy (non-hydrogen) atoms. The average Bonchev–Trinajstić information content (AvgIpc) is 2.56. The van der Waals surface area contributed by atoms with Gasteiger partial charge in [0.05, 0.1) is 0 Å². The maximum Gasteiger partial charge on any atom is 0.105 e. The summed E-state index contributed by atoms with van der Waals surface area (Å²) in [6, 6.07) is 8.56. The van der Waals surface area contributed by atoms with Crippen molar-refractivity contribution in [3.8, 4) is 0 Å². The lowest BCUT2D eigenvalue weighted by Crippen LogP contribution is -2.00. The van der Waals surface area contributed by atoms with Crippen LogP contribution in [0.25, 0.3) is 0 Å². The first-order chi connectivity index (χ1) is 6.75. The monoisotopic (exact) mass is 298 g/mol. The molecule has 0 bridgehead atoms. The Hall–Kier alpha value is -0.840. The smallest absolute Gasteiger partial charge is 0.105 e. The van der Waals surface area contributed by atoms with Gasteiger partial charge in [-0.3, -0.25) is 0 Å². The lowest BCUT2D eigenvalue weighted by Gasteiger charge is -2.04. The molecular weight excluding hydrogens is 287 g/mol. The molecule has 0 N–H and O–H groups in total. The van der Waals surface area contributed by atoms with Gasteiger partial charge in [0.25, 0.3) is 0 Å². The number of imidazole rings is 1. The maximum atomic E-state index is 4.19. The lowest BCUT2D eigenvalue weighted by atomic mass is 10.2. The van der Waals surface area contributed by atoms with Crippen LogP contribution in [0.1, 0.15) is 11.4 Å². The van der Waals surface area contributed by atoms with Crippen molar-refractivity contribution in [2.24, 2.45) is 0 Å². The molecule has 3 heteroatoms. The highest BCUT2D eigenvalue weighted by Crippen LogP contribution is 2.09. The Balaban J connectivity index is 2.19. The number of hydrogen-bond donors (Lipinski definition) is 0. The lowest BCUT2D eigenvalue weighted by molar-refractivity contribution is 0.761. The molecule has 2 nitrogen and oxygen atoms in total. The summed E-state index contributed by atoms with van der Waals surface area (Å²) < 4.78 is 3.41. The van der Waals surface area contributed by atoms with E-state index in [-0.39, 0.29) is 0 Å². The van der Waals surface area contributed by atoms with Gasteiger partial charge in [-0.25, -0.2) is 4.98 Å². The van der Waals surface area contributed by atoms with E-state index >= 15 is 0 Å². The molecule has 0 saturated carbocycles. The fraction of sp³-hybridized carbons (Fsp3) is 0.182. The summed E-state index contributed by atoms with van der Waals surface area (Å²) in [7, 11) is 0. The number of halogens is 1. The van der Waals surface area contributed by atoms with Crippen LogP contribution in [0.3, 0.4) is 0 Å². The van der Waals surface area contributed by atoms with E-state index in [1.807, 2.05) is 19.3 Å². The zero-order valence-corrected chi connectivity index (χ0v) is 10.1. The quantitative estimate of drug-likeness (QED) is 0.780. The van der Waals surface area contributed by atoms with Crippen molar-refractivity contribution in [1.29, 1.82) is 0 Å². The summed E-state index contributed by atoms with van der Waals surface area (Å²) >= 11 is 2.31. The summed E-state index contributed by atoms with van der Waals surface area (Å²) in [5, 5.41) is 0. The van der Waals surface area contributed by atoms with Crippen molar-refractivity contribution in [3.63, 3.8) is 0 Å². The SMILES string of the molecule is Cc1nccn1Cc1ccc(I)cc1. The second-order valence-electron chi connectivity index (χ2n) is 3.23. The Labute approximate surface area is 97.1 Å². The average molecular weight is 298 g/mol. The molecule has 0 radical (unpaired) electrons. The van der Waals surface area contributed by atoms with Crippen molar-refractivity contribution in [2.45, 2.75) is 13.5 Å². The summed E-state index contributed by atoms with van der Waals surface area (Å²) in [4.78, 5) is 4.19. The van der Waals surface area contributed by atoms with Crippen LogP contribution in [-0.4, -0.2) is 9.55 Å². The molecule has 0 spiro atoms. The van der Waals surface area contributed by atoms with Gasteiger partial charge >= 0.3 is 0 Å². The number of nitrogens with zero attached hydrogens (tertiary/aromatic N) is 2. The van der Waals surface area contributed by atoms with E-state index < -0.39 is 0 Å². The summed E-state index contributed by atoms with van der Waals surface area (Å²) in [5.74, 6) is 1.06. The van der Waals surface area contributed by atoms with Crippen LogP contribution < -0.4 is 0 Å². The number of hydrogen-bond acceptors (Lipinski definition) is 1. The number of aromatic nitrogens is 2. The number of aryl methyl sites for hydroxylation is 1. The van der Waals surface area contributed by atoms with Crippen LogP contribution in [0.5, 0.6) is 0 Å². The van der Waals surface area contributed by atoms with Crippen LogP contribution in [0.4, 0.5) is 0 Å². The van der Waals surface area contributed by atoms with Crippen molar-refractivity contribution < 1.29 is 0 Å². The van der Waals surface area contributed by atoms with Crippen LogP contribution in [0.15, 0.2) is 36.7 Å². The van der Waals surface area contributed by atoms with Crippen LogP contribution >= 0.6 is 22.6 Å². The zero-order valence-electron chi connectivity index (χ0n) is 7.94. The van der Waals surface area contributed by atoms with Crippen LogP contribution in [0.2, 0.25) is 0 Å². The minimum atomic E-state index is 0.906. The first kappa shape index (κ1) is 9.71. The third-order valence-electron chi connectivity index (χ3n) is 2.19. The van der Waals surface area contributed by atoms with E-state index in [9.17, 15) is 0 Å². The Morgan fingerprint density at radius 3 is 2.57 bits per heavy atom. The fourth-order valence-electron chi connectivity index (χ4n) is 1.36. The minimum absolute atomic E-state index is 0.906. The highest BCUT2D eigenvalue weighted by atomic mass is 127. The molecule has 1 heterocycles. The van der Waals surface area contributed by atoms with Gasteiger partial charge < -0.3 is 4.57 Å². The van der Waals surface area contributed by atoms with Gasteiger partial charge in [0.1, 0.15) is 5.82 Å². The molecule has 0 atom stereocenters. The second-order valence-corrected chi connectivity index (χ2v) is 4.47. The molecule has 0 aliphatic carbocycles. The third-order valence-corrected chi connectivity index (χ3v) is 2.91. The van der Waals surface area contributed by atoms with E-state index in [0.29, 0.717) is 0 Å². The maximum absolute atomic E-state index is 4.19. The van der Waals surface area contributed by atoms with E-state index in [4.69, 9.17) is 0 Å². The second kappa shape index (κ2) is 4.13. The third kappa shape index (κ3) is 2.15. The Morgan fingerprint density at radius 1 is 1.29 bits per heavy atom. The van der Waals surface area contributed by atoms with Crippen LogP contribution in [0, 0.1) is 10.5 Å². The predicted octanol–water partition coefficient (Wildman–Crippen LogP) is 2.84. The van der Waals surface area contributed by atoms with Crippen molar-refractivity contribution >= 4 is 22.6 Å². The van der Waals surface area contributed by atoms with E-state index in [1.54, 1.807) is 0 Å². The number of benzene rings is 1. The van der Waals surface area contributed by atoms with Crippen LogP contribution in [-0.2, 0) is 6.54 Å². The molecule has 0 aliphatic heterocycles. The van der Waals surface area contributed by atoms with Crippen molar-refractivity contribution in [1.82, 2.24) is 9.55 Å². The van der Waals surface area contributed by atoms with Gasteiger partial charge in [-0.1, -0.05) is 12.1 Å². The molecule has 0 aliphatic rings. The molecule has 1 aromatic heterocycles. The van der Waals surface area contributed by atoms with Gasteiger partial charge in [0.2, 0.25) is 0 Å².